The molecule has 0 aliphatic carbocycles. The predicted molar refractivity (Wildman–Crippen MR) is 119 cm³/mol. The molecule has 3 rings (SSSR count). The number of hydrogen-bond acceptors (Lipinski definition) is 3. The van der Waals surface area contributed by atoms with E-state index in [0.717, 1.165) is 32.8 Å². The van der Waals surface area contributed by atoms with E-state index in [1.807, 2.05) is 58.9 Å². The van der Waals surface area contributed by atoms with Crippen LogP contribution in [0.2, 0.25) is 0 Å². The van der Waals surface area contributed by atoms with Crippen LogP contribution in [0, 0.1) is 27.7 Å². The van der Waals surface area contributed by atoms with Gasteiger partial charge in [-0.3, -0.25) is 4.79 Å². The minimum absolute atomic E-state index is 0.0378. The summed E-state index contributed by atoms with van der Waals surface area (Å²) in [6, 6.07) is 11.0. The molecule has 1 saturated heterocycles. The Morgan fingerprint density at radius 1 is 0.967 bits per heavy atom. The maximum Gasteiger partial charge on any atom is 0.282 e. The molecule has 2 aromatic rings. The van der Waals surface area contributed by atoms with Crippen molar-refractivity contribution in [1.29, 1.82) is 0 Å². The fraction of sp³-hybridized carbons (Fsp3) is 0.435. The van der Waals surface area contributed by atoms with Crippen LogP contribution >= 0.6 is 0 Å². The van der Waals surface area contributed by atoms with E-state index >= 15 is 0 Å². The molecule has 1 fully saturated rings. The molecule has 0 bridgehead atoms. The number of amides is 1. The molecule has 1 aliphatic rings. The fourth-order valence-corrected chi connectivity index (χ4v) is 5.29. The quantitative estimate of drug-likeness (QED) is 0.760. The van der Waals surface area contributed by atoms with Crippen molar-refractivity contribution in [2.75, 3.05) is 31.5 Å². The first-order valence-corrected chi connectivity index (χ1v) is 11.8. The molecule has 0 unspecified atom stereocenters. The Hall–Kier alpha value is -2.22. The number of rotatable bonds is 5. The lowest BCUT2D eigenvalue weighted by Crippen LogP contribution is -3.19. The van der Waals surface area contributed by atoms with E-state index < -0.39 is 10.0 Å². The van der Waals surface area contributed by atoms with Gasteiger partial charge in [-0.15, -0.1) is 0 Å². The Labute approximate surface area is 179 Å². The number of sulfonamides is 1. The highest BCUT2D eigenvalue weighted by atomic mass is 32.2. The number of anilines is 1. The van der Waals surface area contributed by atoms with E-state index in [2.05, 4.69) is 5.32 Å². The maximum atomic E-state index is 13.0. The van der Waals surface area contributed by atoms with Crippen molar-refractivity contribution >= 4 is 21.6 Å². The Bertz CT molecular complexity index is 1040. The van der Waals surface area contributed by atoms with Crippen LogP contribution in [-0.4, -0.2) is 50.9 Å². The van der Waals surface area contributed by atoms with Crippen molar-refractivity contribution in [2.24, 2.45) is 0 Å². The lowest BCUT2D eigenvalue weighted by atomic mass is 10.1. The molecule has 2 aromatic carbocycles. The van der Waals surface area contributed by atoms with Gasteiger partial charge in [0.25, 0.3) is 5.91 Å². The summed E-state index contributed by atoms with van der Waals surface area (Å²) in [5.74, 6) is -0.0378. The predicted octanol–water partition coefficient (Wildman–Crippen LogP) is 1.84. The van der Waals surface area contributed by atoms with Gasteiger partial charge >= 0.3 is 0 Å². The average Bonchev–Trinajstić information content (AvgIpc) is 2.72. The SMILES string of the molecule is Cc1ccc(C)c(NC(=O)[C@@H](C)[NH+]2CCN(S(=O)(=O)c3ccc(C)c(C)c3)CC2)c1. The van der Waals surface area contributed by atoms with Crippen molar-refractivity contribution in [3.63, 3.8) is 0 Å². The molecule has 0 spiro atoms. The molecule has 2 N–H and O–H groups in total. The van der Waals surface area contributed by atoms with Gasteiger partial charge in [0.1, 0.15) is 0 Å². The van der Waals surface area contributed by atoms with Gasteiger partial charge in [-0.05, 0) is 75.1 Å². The van der Waals surface area contributed by atoms with E-state index in [-0.39, 0.29) is 11.9 Å². The highest BCUT2D eigenvalue weighted by molar-refractivity contribution is 7.89. The first-order valence-electron chi connectivity index (χ1n) is 10.4. The molecule has 1 heterocycles. The minimum atomic E-state index is -3.51. The Kier molecular flexibility index (Phi) is 6.65. The smallest absolute Gasteiger partial charge is 0.282 e. The molecule has 1 amide bonds. The Morgan fingerprint density at radius 2 is 1.60 bits per heavy atom. The standard InChI is InChI=1S/C23H31N3O3S/c1-16-6-7-18(3)22(14-16)24-23(27)20(5)25-10-12-26(13-11-25)30(28,29)21-9-8-17(2)19(4)15-21/h6-9,14-15,20H,10-13H2,1-5H3,(H,24,27)/p+1/t20-/m1/s1. The lowest BCUT2D eigenvalue weighted by molar-refractivity contribution is -0.917. The lowest BCUT2D eigenvalue weighted by Gasteiger charge is -2.34. The highest BCUT2D eigenvalue weighted by Gasteiger charge is 2.34. The molecule has 1 atom stereocenters. The third kappa shape index (κ3) is 4.74. The van der Waals surface area contributed by atoms with Gasteiger partial charge in [-0.1, -0.05) is 18.2 Å². The van der Waals surface area contributed by atoms with Crippen LogP contribution < -0.4 is 10.2 Å². The summed E-state index contributed by atoms with van der Waals surface area (Å²) >= 11 is 0. The van der Waals surface area contributed by atoms with Crippen LogP contribution in [0.25, 0.3) is 0 Å². The van der Waals surface area contributed by atoms with Crippen molar-refractivity contribution < 1.29 is 18.1 Å². The third-order valence-electron chi connectivity index (χ3n) is 6.14. The second-order valence-corrected chi connectivity index (χ2v) is 10.3. The van der Waals surface area contributed by atoms with Gasteiger partial charge in [0.2, 0.25) is 10.0 Å². The number of benzene rings is 2. The molecule has 30 heavy (non-hydrogen) atoms. The number of quaternary nitrogens is 1. The Balaban J connectivity index is 1.63. The molecule has 162 valence electrons. The number of nitrogens with one attached hydrogen (secondary N) is 2. The number of hydrogen-bond donors (Lipinski definition) is 2. The summed E-state index contributed by atoms with van der Waals surface area (Å²) in [7, 11) is -3.51. The third-order valence-corrected chi connectivity index (χ3v) is 8.03. The molecule has 1 aliphatic heterocycles. The van der Waals surface area contributed by atoms with Crippen molar-refractivity contribution in [3.8, 4) is 0 Å². The van der Waals surface area contributed by atoms with Gasteiger partial charge < -0.3 is 10.2 Å². The summed E-state index contributed by atoms with van der Waals surface area (Å²) in [5.41, 5.74) is 5.01. The normalized spacial score (nSPS) is 17.0. The summed E-state index contributed by atoms with van der Waals surface area (Å²) in [4.78, 5) is 14.2. The number of aryl methyl sites for hydroxylation is 4. The number of carbonyl (C=O) groups excluding carboxylic acids is 1. The van der Waals surface area contributed by atoms with E-state index in [9.17, 15) is 13.2 Å². The zero-order valence-electron chi connectivity index (χ0n) is 18.5. The summed E-state index contributed by atoms with van der Waals surface area (Å²) in [6.45, 7) is 11.8. The monoisotopic (exact) mass is 430 g/mol. The van der Waals surface area contributed by atoms with E-state index in [4.69, 9.17) is 0 Å². The van der Waals surface area contributed by atoms with E-state index in [1.165, 1.54) is 4.31 Å². The first-order chi connectivity index (χ1) is 14.1. The van der Waals surface area contributed by atoms with E-state index in [1.54, 1.807) is 12.1 Å². The Morgan fingerprint density at radius 3 is 2.23 bits per heavy atom. The summed E-state index contributed by atoms with van der Waals surface area (Å²) < 4.78 is 27.6. The van der Waals surface area contributed by atoms with E-state index in [0.29, 0.717) is 31.1 Å². The zero-order chi connectivity index (χ0) is 22.1. The first kappa shape index (κ1) is 22.5. The van der Waals surface area contributed by atoms with Gasteiger partial charge in [-0.25, -0.2) is 8.42 Å². The molecule has 6 nitrogen and oxygen atoms in total. The van der Waals surface area contributed by atoms with Crippen molar-refractivity contribution in [3.05, 3.63) is 58.7 Å². The second-order valence-electron chi connectivity index (χ2n) is 8.34. The molecule has 0 radical (unpaired) electrons. The zero-order valence-corrected chi connectivity index (χ0v) is 19.3. The second kappa shape index (κ2) is 8.88. The van der Waals surface area contributed by atoms with Crippen LogP contribution in [-0.2, 0) is 14.8 Å². The maximum absolute atomic E-state index is 13.0. The van der Waals surface area contributed by atoms with Crippen molar-refractivity contribution in [2.45, 2.75) is 45.6 Å². The van der Waals surface area contributed by atoms with Crippen LogP contribution in [0.5, 0.6) is 0 Å². The van der Waals surface area contributed by atoms with Gasteiger partial charge in [0, 0.05) is 5.69 Å². The summed E-state index contributed by atoms with van der Waals surface area (Å²) in [5, 5.41) is 3.04. The largest absolute Gasteiger partial charge is 0.323 e. The van der Waals surface area contributed by atoms with Crippen LogP contribution in [0.4, 0.5) is 5.69 Å². The topological polar surface area (TPSA) is 70.9 Å². The minimum Gasteiger partial charge on any atom is -0.323 e. The van der Waals surface area contributed by atoms with Crippen LogP contribution in [0.15, 0.2) is 41.3 Å². The molecular formula is C23H32N3O3S+. The number of nitrogens with zero attached hydrogens (tertiary/aromatic N) is 1. The molecule has 0 aromatic heterocycles. The highest BCUT2D eigenvalue weighted by Crippen LogP contribution is 2.19. The number of carbonyl (C=O) groups is 1. The molecular weight excluding hydrogens is 398 g/mol. The van der Waals surface area contributed by atoms with Crippen LogP contribution in [0.1, 0.15) is 29.2 Å². The van der Waals surface area contributed by atoms with Gasteiger partial charge in [0.15, 0.2) is 6.04 Å². The van der Waals surface area contributed by atoms with Gasteiger partial charge in [-0.2, -0.15) is 4.31 Å². The average molecular weight is 431 g/mol. The fourth-order valence-electron chi connectivity index (χ4n) is 3.77. The summed E-state index contributed by atoms with van der Waals surface area (Å²) in [6.07, 6.45) is 0. The molecule has 0 saturated carbocycles. The van der Waals surface area contributed by atoms with Gasteiger partial charge in [0.05, 0.1) is 31.1 Å². The van der Waals surface area contributed by atoms with Crippen LogP contribution in [0.3, 0.4) is 0 Å². The van der Waals surface area contributed by atoms with Crippen molar-refractivity contribution in [1.82, 2.24) is 4.31 Å². The number of piperazine rings is 1. The molecule has 7 heteroatoms.